The van der Waals surface area contributed by atoms with Gasteiger partial charge < -0.3 is 15.0 Å². The van der Waals surface area contributed by atoms with E-state index in [2.05, 4.69) is 43.9 Å². The van der Waals surface area contributed by atoms with Crippen LogP contribution < -0.4 is 15.0 Å². The molecule has 38 heavy (non-hydrogen) atoms. The monoisotopic (exact) mass is 517 g/mol. The lowest BCUT2D eigenvalue weighted by molar-refractivity contribution is 0.108. The fraction of sp³-hybridized carbons (Fsp3) is 0.586. The molecule has 0 amide bonds. The Labute approximate surface area is 223 Å². The minimum atomic E-state index is -0.439. The zero-order chi connectivity index (χ0) is 25.9. The molecule has 9 heteroatoms. The Bertz CT molecular complexity index is 1340. The van der Waals surface area contributed by atoms with Crippen molar-refractivity contribution in [2.75, 3.05) is 37.7 Å². The maximum Gasteiger partial charge on any atom is 0.319 e. The Hall–Kier alpha value is -2.91. The predicted octanol–water partition coefficient (Wildman–Crippen LogP) is 4.30. The largest absolute Gasteiger partial charge is 0.461 e. The molecule has 0 aromatic carbocycles. The summed E-state index contributed by atoms with van der Waals surface area (Å²) in [5, 5.41) is 4.32. The lowest BCUT2D eigenvalue weighted by Crippen LogP contribution is -2.51. The maximum absolute atomic E-state index is 16.4. The molecule has 0 spiro atoms. The fourth-order valence-corrected chi connectivity index (χ4v) is 7.22. The molecule has 8 nitrogen and oxygen atoms in total. The van der Waals surface area contributed by atoms with E-state index in [0.29, 0.717) is 29.6 Å². The first-order valence-electron chi connectivity index (χ1n) is 14.2. The summed E-state index contributed by atoms with van der Waals surface area (Å²) in [5.41, 5.74) is 2.14. The molecule has 0 unspecified atom stereocenters. The van der Waals surface area contributed by atoms with Crippen molar-refractivity contribution in [3.8, 4) is 17.3 Å². The SMILES string of the molecule is CC(C)c1ncccc1-c1ncc2c(N3C[C@H]4CC[C@@H](C3)N4)nc(OCC34CCCN3CCC4)nc2c1F. The second-order valence-electron chi connectivity index (χ2n) is 11.9. The summed E-state index contributed by atoms with van der Waals surface area (Å²) in [6, 6.07) is 4.83. The van der Waals surface area contributed by atoms with Crippen LogP contribution in [0.3, 0.4) is 0 Å². The molecule has 4 aliphatic rings. The summed E-state index contributed by atoms with van der Waals surface area (Å²) in [4.78, 5) is 23.6. The van der Waals surface area contributed by atoms with Crippen molar-refractivity contribution in [2.24, 2.45) is 0 Å². The summed E-state index contributed by atoms with van der Waals surface area (Å²) in [5.74, 6) is 0.425. The van der Waals surface area contributed by atoms with Crippen LogP contribution >= 0.6 is 0 Å². The van der Waals surface area contributed by atoms with Gasteiger partial charge in [0.25, 0.3) is 0 Å². The highest BCUT2D eigenvalue weighted by atomic mass is 19.1. The molecule has 7 rings (SSSR count). The Kier molecular flexibility index (Phi) is 5.96. The van der Waals surface area contributed by atoms with Gasteiger partial charge in [0.05, 0.1) is 16.6 Å². The van der Waals surface area contributed by atoms with Crippen molar-refractivity contribution in [3.05, 3.63) is 36.0 Å². The third-order valence-corrected chi connectivity index (χ3v) is 9.08. The van der Waals surface area contributed by atoms with Gasteiger partial charge in [-0.25, -0.2) is 4.39 Å². The third-order valence-electron chi connectivity index (χ3n) is 9.08. The van der Waals surface area contributed by atoms with Crippen molar-refractivity contribution in [3.63, 3.8) is 0 Å². The number of halogens is 1. The van der Waals surface area contributed by atoms with E-state index in [1.54, 1.807) is 12.4 Å². The van der Waals surface area contributed by atoms with Crippen LogP contribution in [-0.2, 0) is 0 Å². The van der Waals surface area contributed by atoms with Crippen molar-refractivity contribution < 1.29 is 9.13 Å². The number of ether oxygens (including phenoxy) is 1. The van der Waals surface area contributed by atoms with Crippen molar-refractivity contribution in [1.29, 1.82) is 0 Å². The van der Waals surface area contributed by atoms with E-state index in [1.807, 2.05) is 12.1 Å². The van der Waals surface area contributed by atoms with Gasteiger partial charge in [-0.2, -0.15) is 9.97 Å². The van der Waals surface area contributed by atoms with Gasteiger partial charge in [-0.05, 0) is 69.7 Å². The van der Waals surface area contributed by atoms with E-state index < -0.39 is 5.82 Å². The number of fused-ring (bicyclic) bond motifs is 4. The average molecular weight is 518 g/mol. The fourth-order valence-electron chi connectivity index (χ4n) is 7.22. The summed E-state index contributed by atoms with van der Waals surface area (Å²) in [6.07, 6.45) is 10.5. The summed E-state index contributed by atoms with van der Waals surface area (Å²) in [7, 11) is 0. The first kappa shape index (κ1) is 24.2. The van der Waals surface area contributed by atoms with Gasteiger partial charge in [0, 0.05) is 43.1 Å². The average Bonchev–Trinajstić information content (AvgIpc) is 3.61. The number of aromatic nitrogens is 4. The number of hydrogen-bond acceptors (Lipinski definition) is 8. The molecule has 200 valence electrons. The molecule has 0 radical (unpaired) electrons. The third kappa shape index (κ3) is 4.02. The van der Waals surface area contributed by atoms with Crippen molar-refractivity contribution in [2.45, 2.75) is 75.9 Å². The zero-order valence-corrected chi connectivity index (χ0v) is 22.3. The number of hydrogen-bond donors (Lipinski definition) is 1. The molecule has 7 heterocycles. The summed E-state index contributed by atoms with van der Waals surface area (Å²) >= 11 is 0. The number of nitrogens with zero attached hydrogens (tertiary/aromatic N) is 6. The quantitative estimate of drug-likeness (QED) is 0.519. The van der Waals surface area contributed by atoms with E-state index in [9.17, 15) is 0 Å². The smallest absolute Gasteiger partial charge is 0.319 e. The lowest BCUT2D eigenvalue weighted by atomic mass is 9.95. The Morgan fingerprint density at radius 2 is 1.87 bits per heavy atom. The second kappa shape index (κ2) is 9.38. The van der Waals surface area contributed by atoms with Gasteiger partial charge in [-0.1, -0.05) is 13.8 Å². The van der Waals surface area contributed by atoms with Gasteiger partial charge in [-0.15, -0.1) is 0 Å². The summed E-state index contributed by atoms with van der Waals surface area (Å²) in [6.45, 7) is 8.60. The van der Waals surface area contributed by atoms with Gasteiger partial charge in [0.15, 0.2) is 5.82 Å². The number of piperazine rings is 1. The highest BCUT2D eigenvalue weighted by molar-refractivity contribution is 5.92. The van der Waals surface area contributed by atoms with E-state index >= 15 is 4.39 Å². The van der Waals surface area contributed by atoms with Crippen LogP contribution in [0.25, 0.3) is 22.2 Å². The molecule has 3 aromatic rings. The van der Waals surface area contributed by atoms with Crippen LogP contribution in [0.15, 0.2) is 24.5 Å². The van der Waals surface area contributed by atoms with Crippen LogP contribution in [0.2, 0.25) is 0 Å². The Balaban J connectivity index is 1.32. The molecule has 3 aromatic heterocycles. The Morgan fingerprint density at radius 1 is 1.11 bits per heavy atom. The molecule has 0 aliphatic carbocycles. The van der Waals surface area contributed by atoms with Gasteiger partial charge in [0.2, 0.25) is 0 Å². The Morgan fingerprint density at radius 3 is 2.61 bits per heavy atom. The lowest BCUT2D eigenvalue weighted by Gasteiger charge is -2.34. The van der Waals surface area contributed by atoms with Crippen LogP contribution in [-0.4, -0.2) is 75.2 Å². The first-order valence-corrected chi connectivity index (χ1v) is 14.2. The van der Waals surface area contributed by atoms with E-state index in [1.165, 1.54) is 12.8 Å². The predicted molar refractivity (Wildman–Crippen MR) is 145 cm³/mol. The molecule has 0 saturated carbocycles. The van der Waals surface area contributed by atoms with E-state index in [0.717, 1.165) is 63.4 Å². The standard InChI is InChI=1S/C29H36FN7O/c1-18(2)24-21(6-3-11-31-24)25-23(30)26-22(14-32-25)27(36-15-19-7-8-20(16-36)33-19)35-28(34-26)38-17-29-9-4-12-37(29)13-5-10-29/h3,6,11,14,18-20,33H,4-5,7-10,12-13,15-17H2,1-2H3/t19-,20+. The summed E-state index contributed by atoms with van der Waals surface area (Å²) < 4.78 is 22.7. The molecule has 2 atom stereocenters. The van der Waals surface area contributed by atoms with Crippen LogP contribution in [0.5, 0.6) is 6.01 Å². The van der Waals surface area contributed by atoms with Crippen LogP contribution in [0, 0.1) is 5.82 Å². The topological polar surface area (TPSA) is 79.3 Å². The second-order valence-corrected chi connectivity index (χ2v) is 11.9. The molecule has 4 aliphatic heterocycles. The van der Waals surface area contributed by atoms with Crippen LogP contribution in [0.4, 0.5) is 10.2 Å². The maximum atomic E-state index is 16.4. The van der Waals surface area contributed by atoms with E-state index in [4.69, 9.17) is 9.72 Å². The van der Waals surface area contributed by atoms with Crippen molar-refractivity contribution in [1.82, 2.24) is 30.2 Å². The molecular weight excluding hydrogens is 481 g/mol. The number of anilines is 1. The normalized spacial score (nSPS) is 24.5. The zero-order valence-electron chi connectivity index (χ0n) is 22.3. The van der Waals surface area contributed by atoms with Crippen molar-refractivity contribution >= 4 is 16.7 Å². The molecule has 2 bridgehead atoms. The minimum Gasteiger partial charge on any atom is -0.461 e. The van der Waals surface area contributed by atoms with Crippen LogP contribution in [0.1, 0.15) is 64.0 Å². The molecule has 4 fully saturated rings. The number of rotatable bonds is 6. The first-order chi connectivity index (χ1) is 18.5. The molecular formula is C29H36FN7O. The van der Waals surface area contributed by atoms with Gasteiger partial charge in [0.1, 0.15) is 23.6 Å². The van der Waals surface area contributed by atoms with Gasteiger partial charge >= 0.3 is 6.01 Å². The highest BCUT2D eigenvalue weighted by Crippen LogP contribution is 2.40. The highest BCUT2D eigenvalue weighted by Gasteiger charge is 2.45. The van der Waals surface area contributed by atoms with E-state index in [-0.39, 0.29) is 28.7 Å². The number of pyridine rings is 2. The minimum absolute atomic E-state index is 0.0659. The molecule has 4 saturated heterocycles. The number of nitrogens with one attached hydrogen (secondary N) is 1. The molecule has 1 N–H and O–H groups in total. The van der Waals surface area contributed by atoms with Gasteiger partial charge in [-0.3, -0.25) is 14.9 Å².